The number of anilines is 1. The van der Waals surface area contributed by atoms with Gasteiger partial charge in [-0.15, -0.1) is 0 Å². The van der Waals surface area contributed by atoms with E-state index in [9.17, 15) is 13.2 Å². The van der Waals surface area contributed by atoms with E-state index in [4.69, 9.17) is 12.2 Å². The Labute approximate surface area is 191 Å². The van der Waals surface area contributed by atoms with E-state index >= 15 is 0 Å². The Hall–Kier alpha value is -2.90. The fourth-order valence-corrected chi connectivity index (χ4v) is 4.34. The minimum Gasteiger partial charge on any atom is -0.346 e. The Morgan fingerprint density at radius 3 is 1.88 bits per heavy atom. The molecule has 3 aromatic rings. The number of nitrogens with one attached hydrogen (secondary N) is 1. The maximum Gasteiger partial charge on any atom is 0.416 e. The summed E-state index contributed by atoms with van der Waals surface area (Å²) in [5, 5.41) is 3.41. The molecule has 7 heteroatoms. The van der Waals surface area contributed by atoms with E-state index in [1.54, 1.807) is 6.07 Å². The van der Waals surface area contributed by atoms with Gasteiger partial charge in [-0.3, -0.25) is 4.90 Å². The first kappa shape index (κ1) is 22.3. The maximum absolute atomic E-state index is 13.0. The van der Waals surface area contributed by atoms with Crippen molar-refractivity contribution < 1.29 is 13.2 Å². The number of nitrogens with zero attached hydrogens (tertiary/aromatic N) is 2. The molecule has 3 aromatic carbocycles. The minimum atomic E-state index is -4.38. The van der Waals surface area contributed by atoms with Crippen LogP contribution in [-0.4, -0.2) is 41.1 Å². The summed E-state index contributed by atoms with van der Waals surface area (Å²) in [6.45, 7) is 2.97. The van der Waals surface area contributed by atoms with E-state index in [0.717, 1.165) is 25.2 Å². The lowest BCUT2D eigenvalue weighted by Gasteiger charge is -2.40. The SMILES string of the molecule is FC(F)(F)c1cccc(NC(=S)N2CCN(C(c3ccccc3)c3ccccc3)CC2)c1. The van der Waals surface area contributed by atoms with E-state index in [0.29, 0.717) is 23.9 Å². The fourth-order valence-electron chi connectivity index (χ4n) is 4.04. The largest absolute Gasteiger partial charge is 0.416 e. The van der Waals surface area contributed by atoms with Crippen molar-refractivity contribution in [2.75, 3.05) is 31.5 Å². The standard InChI is InChI=1S/C25H24F3N3S/c26-25(27,28)21-12-7-13-22(18-21)29-24(32)31-16-14-30(15-17-31)23(19-8-3-1-4-9-19)20-10-5-2-6-11-20/h1-13,18,23H,14-17H2,(H,29,32). The normalized spacial score (nSPS) is 15.1. The van der Waals surface area contributed by atoms with E-state index in [-0.39, 0.29) is 6.04 Å². The molecular formula is C25H24F3N3S. The van der Waals surface area contributed by atoms with Crippen LogP contribution in [0.3, 0.4) is 0 Å². The quantitative estimate of drug-likeness (QED) is 0.500. The summed E-state index contributed by atoms with van der Waals surface area (Å²) in [4.78, 5) is 4.44. The third kappa shape index (κ3) is 5.29. The molecule has 0 saturated carbocycles. The highest BCUT2D eigenvalue weighted by Gasteiger charge is 2.31. The maximum atomic E-state index is 13.0. The summed E-state index contributed by atoms with van der Waals surface area (Å²) in [7, 11) is 0. The van der Waals surface area contributed by atoms with Gasteiger partial charge in [0, 0.05) is 31.9 Å². The molecule has 0 radical (unpaired) electrons. The predicted octanol–water partition coefficient (Wildman–Crippen LogP) is 5.81. The van der Waals surface area contributed by atoms with E-state index < -0.39 is 11.7 Å². The van der Waals surface area contributed by atoms with Gasteiger partial charge in [0.2, 0.25) is 0 Å². The minimum absolute atomic E-state index is 0.143. The lowest BCUT2D eigenvalue weighted by Crippen LogP contribution is -2.51. The van der Waals surface area contributed by atoms with Gasteiger partial charge in [0.25, 0.3) is 0 Å². The first-order valence-corrected chi connectivity index (χ1v) is 10.9. The zero-order chi connectivity index (χ0) is 22.6. The molecule has 0 amide bonds. The molecule has 166 valence electrons. The molecule has 1 saturated heterocycles. The first-order chi connectivity index (χ1) is 15.4. The Bertz CT molecular complexity index is 994. The Morgan fingerprint density at radius 1 is 0.781 bits per heavy atom. The second-order valence-corrected chi connectivity index (χ2v) is 8.14. The Kier molecular flexibility index (Phi) is 6.77. The molecule has 0 unspecified atom stereocenters. The third-order valence-electron chi connectivity index (χ3n) is 5.64. The van der Waals surface area contributed by atoms with Crippen LogP contribution in [0.1, 0.15) is 22.7 Å². The molecule has 32 heavy (non-hydrogen) atoms. The van der Waals surface area contributed by atoms with Crippen molar-refractivity contribution in [3.63, 3.8) is 0 Å². The predicted molar refractivity (Wildman–Crippen MR) is 126 cm³/mol. The second kappa shape index (κ2) is 9.71. The molecule has 0 bridgehead atoms. The van der Waals surface area contributed by atoms with Gasteiger partial charge in [-0.1, -0.05) is 66.7 Å². The van der Waals surface area contributed by atoms with Gasteiger partial charge in [0.05, 0.1) is 11.6 Å². The lowest BCUT2D eigenvalue weighted by atomic mass is 9.96. The zero-order valence-electron chi connectivity index (χ0n) is 17.4. The Balaban J connectivity index is 1.43. The van der Waals surface area contributed by atoms with Crippen LogP contribution in [0.4, 0.5) is 18.9 Å². The fraction of sp³-hybridized carbons (Fsp3) is 0.240. The molecule has 3 nitrogen and oxygen atoms in total. The van der Waals surface area contributed by atoms with Gasteiger partial charge < -0.3 is 10.2 Å². The Morgan fingerprint density at radius 2 is 1.34 bits per heavy atom. The van der Waals surface area contributed by atoms with Crippen molar-refractivity contribution in [2.24, 2.45) is 0 Å². The molecule has 1 N–H and O–H groups in total. The van der Waals surface area contributed by atoms with Gasteiger partial charge in [-0.25, -0.2) is 0 Å². The molecule has 4 rings (SSSR count). The lowest BCUT2D eigenvalue weighted by molar-refractivity contribution is -0.137. The molecule has 0 spiro atoms. The summed E-state index contributed by atoms with van der Waals surface area (Å²) in [5.74, 6) is 0. The molecule has 0 aliphatic carbocycles. The molecule has 0 aromatic heterocycles. The van der Waals surface area contributed by atoms with E-state index in [1.165, 1.54) is 17.2 Å². The van der Waals surface area contributed by atoms with Crippen LogP contribution in [0.2, 0.25) is 0 Å². The van der Waals surface area contributed by atoms with Crippen molar-refractivity contribution in [3.05, 3.63) is 102 Å². The summed E-state index contributed by atoms with van der Waals surface area (Å²) in [6, 6.07) is 26.1. The molecule has 1 heterocycles. The smallest absolute Gasteiger partial charge is 0.346 e. The van der Waals surface area contributed by atoms with Crippen LogP contribution in [0.15, 0.2) is 84.9 Å². The zero-order valence-corrected chi connectivity index (χ0v) is 18.2. The van der Waals surface area contributed by atoms with Gasteiger partial charge in [-0.05, 0) is 41.5 Å². The average molecular weight is 456 g/mol. The molecule has 1 fully saturated rings. The molecule has 1 aliphatic heterocycles. The number of piperazine rings is 1. The first-order valence-electron chi connectivity index (χ1n) is 10.5. The molecule has 0 atom stereocenters. The van der Waals surface area contributed by atoms with Crippen LogP contribution in [0, 0.1) is 0 Å². The van der Waals surface area contributed by atoms with Crippen molar-refractivity contribution in [1.82, 2.24) is 9.80 Å². The molecule has 1 aliphatic rings. The third-order valence-corrected chi connectivity index (χ3v) is 6.00. The number of benzene rings is 3. The molecular weight excluding hydrogens is 431 g/mol. The van der Waals surface area contributed by atoms with Gasteiger partial charge in [0.1, 0.15) is 0 Å². The summed E-state index contributed by atoms with van der Waals surface area (Å²) >= 11 is 5.50. The summed E-state index contributed by atoms with van der Waals surface area (Å²) in [6.07, 6.45) is -4.38. The van der Waals surface area contributed by atoms with Crippen molar-refractivity contribution >= 4 is 23.0 Å². The average Bonchev–Trinajstić information content (AvgIpc) is 2.81. The van der Waals surface area contributed by atoms with Crippen LogP contribution in [0.25, 0.3) is 0 Å². The number of thiocarbonyl (C=S) groups is 1. The van der Waals surface area contributed by atoms with Crippen LogP contribution in [0.5, 0.6) is 0 Å². The van der Waals surface area contributed by atoms with E-state index in [1.807, 2.05) is 17.0 Å². The summed E-state index contributed by atoms with van der Waals surface area (Å²) in [5.41, 5.74) is 2.12. The highest BCUT2D eigenvalue weighted by Crippen LogP contribution is 2.31. The van der Waals surface area contributed by atoms with E-state index in [2.05, 4.69) is 58.7 Å². The van der Waals surface area contributed by atoms with Crippen molar-refractivity contribution in [1.29, 1.82) is 0 Å². The van der Waals surface area contributed by atoms with Crippen molar-refractivity contribution in [2.45, 2.75) is 12.2 Å². The summed E-state index contributed by atoms with van der Waals surface area (Å²) < 4.78 is 38.9. The number of alkyl halides is 3. The highest BCUT2D eigenvalue weighted by atomic mass is 32.1. The van der Waals surface area contributed by atoms with Crippen LogP contribution < -0.4 is 5.32 Å². The highest BCUT2D eigenvalue weighted by molar-refractivity contribution is 7.80. The van der Waals surface area contributed by atoms with Crippen LogP contribution >= 0.6 is 12.2 Å². The van der Waals surface area contributed by atoms with Crippen molar-refractivity contribution in [3.8, 4) is 0 Å². The number of halogens is 3. The number of rotatable bonds is 4. The van der Waals surface area contributed by atoms with Gasteiger partial charge in [0.15, 0.2) is 5.11 Å². The topological polar surface area (TPSA) is 18.5 Å². The van der Waals surface area contributed by atoms with Gasteiger partial charge in [-0.2, -0.15) is 13.2 Å². The number of hydrogen-bond acceptors (Lipinski definition) is 2. The van der Waals surface area contributed by atoms with Gasteiger partial charge >= 0.3 is 6.18 Å². The second-order valence-electron chi connectivity index (χ2n) is 7.76. The monoisotopic (exact) mass is 455 g/mol. The number of hydrogen-bond donors (Lipinski definition) is 1. The van der Waals surface area contributed by atoms with Crippen LogP contribution in [-0.2, 0) is 6.18 Å².